The largest absolute Gasteiger partial charge is 0.496 e. The van der Waals surface area contributed by atoms with Crippen molar-refractivity contribution in [3.05, 3.63) is 59.7 Å². The molecule has 2 aromatic rings. The molecule has 3 atom stereocenters. The Morgan fingerprint density at radius 2 is 1.90 bits per heavy atom. The average Bonchev–Trinajstić information content (AvgIpc) is 2.74. The average molecular weight is 392 g/mol. The number of ether oxygens (including phenoxy) is 2. The highest BCUT2D eigenvalue weighted by Crippen LogP contribution is 2.43. The Labute approximate surface area is 170 Å². The second-order valence-electron chi connectivity index (χ2n) is 7.14. The first-order valence-corrected chi connectivity index (χ1v) is 9.58. The molecule has 2 aromatic carbocycles. The number of rotatable bonds is 5. The van der Waals surface area contributed by atoms with Crippen molar-refractivity contribution >= 4 is 17.6 Å². The first-order chi connectivity index (χ1) is 14.0. The zero-order chi connectivity index (χ0) is 21.0. The number of nitrogens with zero attached hydrogens (tertiary/aromatic N) is 2. The Morgan fingerprint density at radius 1 is 1.21 bits per heavy atom. The van der Waals surface area contributed by atoms with E-state index < -0.39 is 24.0 Å². The van der Waals surface area contributed by atoms with Crippen LogP contribution in [0.25, 0.3) is 0 Å². The van der Waals surface area contributed by atoms with E-state index in [1.165, 1.54) is 6.92 Å². The highest BCUT2D eigenvalue weighted by Gasteiger charge is 2.43. The predicted molar refractivity (Wildman–Crippen MR) is 108 cm³/mol. The van der Waals surface area contributed by atoms with Gasteiger partial charge in [-0.25, -0.2) is 0 Å². The van der Waals surface area contributed by atoms with Crippen LogP contribution in [0.2, 0.25) is 0 Å². The number of hydrogen-bond acceptors (Lipinski definition) is 5. The molecule has 1 fully saturated rings. The summed E-state index contributed by atoms with van der Waals surface area (Å²) < 4.78 is 10.8. The van der Waals surface area contributed by atoms with E-state index in [4.69, 9.17) is 14.7 Å². The Balaban J connectivity index is 2.11. The second-order valence-corrected chi connectivity index (χ2v) is 7.14. The van der Waals surface area contributed by atoms with Crippen LogP contribution < -0.4 is 9.64 Å². The van der Waals surface area contributed by atoms with Crippen LogP contribution in [-0.2, 0) is 14.3 Å². The van der Waals surface area contributed by atoms with Gasteiger partial charge in [0.25, 0.3) is 0 Å². The molecule has 1 heterocycles. The minimum Gasteiger partial charge on any atom is -0.496 e. The van der Waals surface area contributed by atoms with Gasteiger partial charge in [0.05, 0.1) is 19.1 Å². The molecule has 0 saturated carbocycles. The predicted octanol–water partition coefficient (Wildman–Crippen LogP) is 3.94. The molecular weight excluding hydrogens is 368 g/mol. The number of esters is 1. The summed E-state index contributed by atoms with van der Waals surface area (Å²) in [5.74, 6) is -0.571. The minimum absolute atomic E-state index is 0.0675. The molecule has 6 nitrogen and oxygen atoms in total. The number of piperidine rings is 1. The third-order valence-electron chi connectivity index (χ3n) is 5.14. The number of anilines is 1. The third kappa shape index (κ3) is 4.24. The van der Waals surface area contributed by atoms with Gasteiger partial charge in [-0.1, -0.05) is 35.9 Å². The van der Waals surface area contributed by atoms with Gasteiger partial charge in [0.15, 0.2) is 6.10 Å². The molecular formula is C23H24N2O4. The first-order valence-electron chi connectivity index (χ1n) is 9.58. The number of para-hydroxylation sites is 1. The lowest BCUT2D eigenvalue weighted by molar-refractivity contribution is -0.153. The van der Waals surface area contributed by atoms with Crippen molar-refractivity contribution < 1.29 is 19.1 Å². The van der Waals surface area contributed by atoms with Gasteiger partial charge in [-0.2, -0.15) is 5.26 Å². The molecule has 6 heteroatoms. The molecule has 0 spiro atoms. The van der Waals surface area contributed by atoms with Crippen LogP contribution in [-0.4, -0.2) is 25.1 Å². The summed E-state index contributed by atoms with van der Waals surface area (Å²) in [6.07, 6.45) is -0.285. The minimum atomic E-state index is -0.855. The van der Waals surface area contributed by atoms with Crippen LogP contribution in [0.15, 0.2) is 48.5 Å². The smallest absolute Gasteiger partial charge is 0.312 e. The SMILES string of the molecule is COc1ccccc1[C@@H]1[C@@H](C(=O)O[C@@H](C)C#N)CCC(=O)N1c1ccc(C)cc1. The van der Waals surface area contributed by atoms with E-state index in [1.54, 1.807) is 12.0 Å². The maximum atomic E-state index is 13.0. The zero-order valence-electron chi connectivity index (χ0n) is 16.8. The van der Waals surface area contributed by atoms with E-state index in [0.29, 0.717) is 17.9 Å². The molecule has 0 aliphatic carbocycles. The van der Waals surface area contributed by atoms with Crippen molar-refractivity contribution in [2.75, 3.05) is 12.0 Å². The lowest BCUT2D eigenvalue weighted by atomic mass is 9.83. The van der Waals surface area contributed by atoms with Gasteiger partial charge in [-0.05, 0) is 38.5 Å². The van der Waals surface area contributed by atoms with E-state index in [2.05, 4.69) is 0 Å². The maximum Gasteiger partial charge on any atom is 0.312 e. The highest BCUT2D eigenvalue weighted by atomic mass is 16.5. The molecule has 150 valence electrons. The van der Waals surface area contributed by atoms with Gasteiger partial charge < -0.3 is 14.4 Å². The van der Waals surface area contributed by atoms with Crippen LogP contribution in [0.5, 0.6) is 5.75 Å². The summed E-state index contributed by atoms with van der Waals surface area (Å²) in [5.41, 5.74) is 2.52. The molecule has 0 N–H and O–H groups in total. The Hall–Kier alpha value is -3.33. The Kier molecular flexibility index (Phi) is 6.18. The fourth-order valence-electron chi connectivity index (χ4n) is 3.70. The molecule has 0 unspecified atom stereocenters. The van der Waals surface area contributed by atoms with Crippen LogP contribution in [0.4, 0.5) is 5.69 Å². The topological polar surface area (TPSA) is 79.6 Å². The zero-order valence-corrected chi connectivity index (χ0v) is 16.8. The van der Waals surface area contributed by atoms with Crippen LogP contribution in [0.3, 0.4) is 0 Å². The van der Waals surface area contributed by atoms with Gasteiger partial charge in [0, 0.05) is 17.7 Å². The standard InChI is InChI=1S/C23H24N2O4/c1-15-8-10-17(11-9-15)25-21(26)13-12-19(23(27)29-16(2)14-24)22(25)18-6-4-5-7-20(18)28-3/h4-11,16,19,22H,12-13H2,1-3H3/t16-,19-,22+/m0/s1. The van der Waals surface area contributed by atoms with Crippen molar-refractivity contribution in [2.45, 2.75) is 38.8 Å². The first kappa shape index (κ1) is 20.4. The van der Waals surface area contributed by atoms with Gasteiger partial charge >= 0.3 is 5.97 Å². The number of carbonyl (C=O) groups is 2. The number of nitriles is 1. The molecule has 1 aliphatic rings. The maximum absolute atomic E-state index is 13.0. The summed E-state index contributed by atoms with van der Waals surface area (Å²) in [5, 5.41) is 9.03. The van der Waals surface area contributed by atoms with Gasteiger partial charge in [0.1, 0.15) is 11.8 Å². The Bertz CT molecular complexity index is 933. The summed E-state index contributed by atoms with van der Waals surface area (Å²) in [4.78, 5) is 27.6. The number of carbonyl (C=O) groups excluding carboxylic acids is 2. The number of benzene rings is 2. The van der Waals surface area contributed by atoms with E-state index in [9.17, 15) is 9.59 Å². The van der Waals surface area contributed by atoms with Crippen molar-refractivity contribution in [1.29, 1.82) is 5.26 Å². The molecule has 0 radical (unpaired) electrons. The monoisotopic (exact) mass is 392 g/mol. The van der Waals surface area contributed by atoms with Gasteiger partial charge in [-0.15, -0.1) is 0 Å². The van der Waals surface area contributed by atoms with Crippen molar-refractivity contribution in [2.24, 2.45) is 5.92 Å². The van der Waals surface area contributed by atoms with Crippen molar-refractivity contribution in [3.8, 4) is 11.8 Å². The lowest BCUT2D eigenvalue weighted by Gasteiger charge is -2.41. The second kappa shape index (κ2) is 8.78. The van der Waals surface area contributed by atoms with E-state index in [0.717, 1.165) is 11.1 Å². The number of aryl methyl sites for hydroxylation is 1. The van der Waals surface area contributed by atoms with Crippen LogP contribution >= 0.6 is 0 Å². The van der Waals surface area contributed by atoms with Gasteiger partial charge in [-0.3, -0.25) is 9.59 Å². The van der Waals surface area contributed by atoms with Crippen LogP contribution in [0, 0.1) is 24.2 Å². The van der Waals surface area contributed by atoms with E-state index in [-0.39, 0.29) is 12.3 Å². The number of amides is 1. The number of hydrogen-bond donors (Lipinski definition) is 0. The van der Waals surface area contributed by atoms with Crippen molar-refractivity contribution in [1.82, 2.24) is 0 Å². The molecule has 1 saturated heterocycles. The molecule has 3 rings (SSSR count). The fourth-order valence-corrected chi connectivity index (χ4v) is 3.70. The van der Waals surface area contributed by atoms with Gasteiger partial charge in [0.2, 0.25) is 5.91 Å². The van der Waals surface area contributed by atoms with Crippen molar-refractivity contribution in [3.63, 3.8) is 0 Å². The quantitative estimate of drug-likeness (QED) is 0.720. The summed E-state index contributed by atoms with van der Waals surface area (Å²) in [6.45, 7) is 3.50. The van der Waals surface area contributed by atoms with E-state index in [1.807, 2.05) is 61.5 Å². The summed E-state index contributed by atoms with van der Waals surface area (Å²) in [7, 11) is 1.56. The molecule has 1 amide bonds. The number of methoxy groups -OCH3 is 1. The summed E-state index contributed by atoms with van der Waals surface area (Å²) in [6, 6.07) is 16.3. The Morgan fingerprint density at radius 3 is 2.55 bits per heavy atom. The third-order valence-corrected chi connectivity index (χ3v) is 5.14. The van der Waals surface area contributed by atoms with E-state index >= 15 is 0 Å². The fraction of sp³-hybridized carbons (Fsp3) is 0.348. The summed E-state index contributed by atoms with van der Waals surface area (Å²) >= 11 is 0. The molecule has 1 aliphatic heterocycles. The lowest BCUT2D eigenvalue weighted by Crippen LogP contribution is -2.46. The van der Waals surface area contributed by atoms with Crippen LogP contribution in [0.1, 0.15) is 36.9 Å². The normalized spacial score (nSPS) is 19.9. The molecule has 0 aromatic heterocycles. The molecule has 0 bridgehead atoms. The molecule has 29 heavy (non-hydrogen) atoms. The highest BCUT2D eigenvalue weighted by molar-refractivity contribution is 5.97.